The van der Waals surface area contributed by atoms with Crippen molar-refractivity contribution in [3.05, 3.63) is 28.3 Å². The average molecular weight is 213 g/mol. The maximum Gasteiger partial charge on any atom is 0.160 e. The standard InChI is InChI=1S/C11H13ClO2/c1-4-8-9(7(2)13)5-6-10(12)11(8)14-3/h5-6H,4H2,1-3H3. The van der Waals surface area contributed by atoms with E-state index in [-0.39, 0.29) is 5.78 Å². The third kappa shape index (κ3) is 1.90. The molecule has 0 bridgehead atoms. The van der Waals surface area contributed by atoms with Gasteiger partial charge >= 0.3 is 0 Å². The minimum absolute atomic E-state index is 0.0387. The summed E-state index contributed by atoms with van der Waals surface area (Å²) in [4.78, 5) is 11.3. The summed E-state index contributed by atoms with van der Waals surface area (Å²) >= 11 is 5.95. The highest BCUT2D eigenvalue weighted by Crippen LogP contribution is 2.31. The molecular formula is C11H13ClO2. The number of rotatable bonds is 3. The van der Waals surface area contributed by atoms with Crippen LogP contribution in [0.15, 0.2) is 12.1 Å². The van der Waals surface area contributed by atoms with Crippen LogP contribution in [0.3, 0.4) is 0 Å². The fraction of sp³-hybridized carbons (Fsp3) is 0.364. The average Bonchev–Trinajstić information content (AvgIpc) is 2.16. The molecule has 0 aromatic heterocycles. The van der Waals surface area contributed by atoms with Gasteiger partial charge in [-0.3, -0.25) is 4.79 Å². The van der Waals surface area contributed by atoms with E-state index < -0.39 is 0 Å². The number of ether oxygens (including phenoxy) is 1. The first-order valence-corrected chi connectivity index (χ1v) is 4.85. The Kier molecular flexibility index (Phi) is 3.53. The second-order valence-electron chi connectivity index (χ2n) is 3.02. The molecule has 0 aliphatic carbocycles. The number of carbonyl (C=O) groups is 1. The van der Waals surface area contributed by atoms with E-state index in [4.69, 9.17) is 16.3 Å². The van der Waals surface area contributed by atoms with Crippen molar-refractivity contribution in [3.8, 4) is 5.75 Å². The summed E-state index contributed by atoms with van der Waals surface area (Å²) in [6.45, 7) is 3.52. The van der Waals surface area contributed by atoms with Gasteiger partial charge in [-0.05, 0) is 25.5 Å². The lowest BCUT2D eigenvalue weighted by Crippen LogP contribution is -2.02. The van der Waals surface area contributed by atoms with Crippen LogP contribution in [0.1, 0.15) is 29.8 Å². The molecule has 0 radical (unpaired) electrons. The maximum absolute atomic E-state index is 11.3. The van der Waals surface area contributed by atoms with E-state index in [0.29, 0.717) is 16.3 Å². The molecule has 0 atom stereocenters. The fourth-order valence-electron chi connectivity index (χ4n) is 1.50. The van der Waals surface area contributed by atoms with Gasteiger partial charge in [-0.15, -0.1) is 0 Å². The highest BCUT2D eigenvalue weighted by atomic mass is 35.5. The summed E-state index contributed by atoms with van der Waals surface area (Å²) in [7, 11) is 1.56. The van der Waals surface area contributed by atoms with E-state index in [0.717, 1.165) is 12.0 Å². The highest BCUT2D eigenvalue weighted by molar-refractivity contribution is 6.32. The molecule has 0 saturated carbocycles. The SMILES string of the molecule is CCc1c(C(C)=O)ccc(Cl)c1OC. The van der Waals surface area contributed by atoms with Crippen LogP contribution in [-0.4, -0.2) is 12.9 Å². The second kappa shape index (κ2) is 4.47. The summed E-state index contributed by atoms with van der Waals surface area (Å²) in [5, 5.41) is 0.550. The Morgan fingerprint density at radius 3 is 2.57 bits per heavy atom. The van der Waals surface area contributed by atoms with Crippen LogP contribution in [0.5, 0.6) is 5.75 Å². The number of halogens is 1. The number of carbonyl (C=O) groups excluding carboxylic acids is 1. The fourth-order valence-corrected chi connectivity index (χ4v) is 1.75. The van der Waals surface area contributed by atoms with Gasteiger partial charge in [0.05, 0.1) is 12.1 Å². The van der Waals surface area contributed by atoms with E-state index >= 15 is 0 Å². The quantitative estimate of drug-likeness (QED) is 0.720. The smallest absolute Gasteiger partial charge is 0.160 e. The number of hydrogen-bond donors (Lipinski definition) is 0. The minimum atomic E-state index is 0.0387. The van der Waals surface area contributed by atoms with E-state index in [1.54, 1.807) is 26.2 Å². The molecule has 0 N–H and O–H groups in total. The molecule has 0 amide bonds. The molecule has 0 saturated heterocycles. The Morgan fingerprint density at radius 2 is 2.14 bits per heavy atom. The largest absolute Gasteiger partial charge is 0.495 e. The molecule has 2 nitrogen and oxygen atoms in total. The topological polar surface area (TPSA) is 26.3 Å². The molecule has 76 valence electrons. The predicted molar refractivity (Wildman–Crippen MR) is 57.4 cm³/mol. The normalized spacial score (nSPS) is 10.0. The van der Waals surface area contributed by atoms with Crippen molar-refractivity contribution in [2.24, 2.45) is 0 Å². The lowest BCUT2D eigenvalue weighted by Gasteiger charge is -2.11. The predicted octanol–water partition coefficient (Wildman–Crippen LogP) is 3.11. The zero-order valence-electron chi connectivity index (χ0n) is 8.56. The molecule has 0 aliphatic rings. The Balaban J connectivity index is 3.40. The molecule has 1 aromatic rings. The maximum atomic E-state index is 11.3. The van der Waals surface area contributed by atoms with Crippen LogP contribution in [0.25, 0.3) is 0 Å². The molecule has 0 unspecified atom stereocenters. The third-order valence-electron chi connectivity index (χ3n) is 2.15. The Labute approximate surface area is 88.8 Å². The lowest BCUT2D eigenvalue weighted by molar-refractivity contribution is 0.101. The van der Waals surface area contributed by atoms with E-state index in [9.17, 15) is 4.79 Å². The van der Waals surface area contributed by atoms with E-state index in [2.05, 4.69) is 0 Å². The molecule has 14 heavy (non-hydrogen) atoms. The number of hydrogen-bond acceptors (Lipinski definition) is 2. The van der Waals surface area contributed by atoms with Gasteiger partial charge in [0.15, 0.2) is 5.78 Å². The minimum Gasteiger partial charge on any atom is -0.495 e. The van der Waals surface area contributed by atoms with Crippen LogP contribution in [0, 0.1) is 0 Å². The van der Waals surface area contributed by atoms with E-state index in [1.165, 1.54) is 0 Å². The van der Waals surface area contributed by atoms with Gasteiger partial charge in [0.2, 0.25) is 0 Å². The van der Waals surface area contributed by atoms with Crippen LogP contribution in [0.4, 0.5) is 0 Å². The third-order valence-corrected chi connectivity index (χ3v) is 2.45. The van der Waals surface area contributed by atoms with Crippen molar-refractivity contribution in [3.63, 3.8) is 0 Å². The first-order valence-electron chi connectivity index (χ1n) is 4.48. The molecule has 1 rings (SSSR count). The van der Waals surface area contributed by atoms with Crippen LogP contribution >= 0.6 is 11.6 Å². The Morgan fingerprint density at radius 1 is 1.50 bits per heavy atom. The summed E-state index contributed by atoms with van der Waals surface area (Å²) in [5.74, 6) is 0.652. The molecule has 3 heteroatoms. The van der Waals surface area contributed by atoms with Gasteiger partial charge in [-0.25, -0.2) is 0 Å². The van der Waals surface area contributed by atoms with Gasteiger partial charge in [-0.1, -0.05) is 18.5 Å². The van der Waals surface area contributed by atoms with Gasteiger partial charge in [-0.2, -0.15) is 0 Å². The highest BCUT2D eigenvalue weighted by Gasteiger charge is 2.13. The Bertz CT molecular complexity index is 359. The van der Waals surface area contributed by atoms with Crippen molar-refractivity contribution < 1.29 is 9.53 Å². The lowest BCUT2D eigenvalue weighted by atomic mass is 10.0. The molecular weight excluding hydrogens is 200 g/mol. The van der Waals surface area contributed by atoms with Crippen LogP contribution < -0.4 is 4.74 Å². The van der Waals surface area contributed by atoms with Crippen LogP contribution in [-0.2, 0) is 6.42 Å². The summed E-state index contributed by atoms with van der Waals surface area (Å²) in [6.07, 6.45) is 0.735. The van der Waals surface area contributed by atoms with Gasteiger partial charge in [0, 0.05) is 11.1 Å². The zero-order valence-corrected chi connectivity index (χ0v) is 9.31. The molecule has 0 fully saturated rings. The first kappa shape index (κ1) is 11.1. The molecule has 0 heterocycles. The summed E-state index contributed by atoms with van der Waals surface area (Å²) in [6, 6.07) is 3.43. The number of ketones is 1. The van der Waals surface area contributed by atoms with Gasteiger partial charge < -0.3 is 4.74 Å². The number of methoxy groups -OCH3 is 1. The number of Topliss-reactive ketones (excluding diaryl/α,β-unsaturated/α-hetero) is 1. The van der Waals surface area contributed by atoms with Gasteiger partial charge in [0.1, 0.15) is 5.75 Å². The molecule has 0 aliphatic heterocycles. The van der Waals surface area contributed by atoms with Gasteiger partial charge in [0.25, 0.3) is 0 Å². The van der Waals surface area contributed by atoms with Crippen molar-refractivity contribution in [2.75, 3.05) is 7.11 Å². The monoisotopic (exact) mass is 212 g/mol. The number of benzene rings is 1. The van der Waals surface area contributed by atoms with Crippen molar-refractivity contribution >= 4 is 17.4 Å². The van der Waals surface area contributed by atoms with Crippen LogP contribution in [0.2, 0.25) is 5.02 Å². The summed E-state index contributed by atoms with van der Waals surface area (Å²) in [5.41, 5.74) is 1.57. The molecule has 0 spiro atoms. The zero-order chi connectivity index (χ0) is 10.7. The first-order chi connectivity index (χ1) is 6.61. The summed E-state index contributed by atoms with van der Waals surface area (Å²) < 4.78 is 5.17. The second-order valence-corrected chi connectivity index (χ2v) is 3.42. The van der Waals surface area contributed by atoms with Crippen molar-refractivity contribution in [2.45, 2.75) is 20.3 Å². The molecule has 1 aromatic carbocycles. The van der Waals surface area contributed by atoms with E-state index in [1.807, 2.05) is 6.92 Å². The Hall–Kier alpha value is -1.02. The van der Waals surface area contributed by atoms with Crippen molar-refractivity contribution in [1.29, 1.82) is 0 Å². The van der Waals surface area contributed by atoms with Crippen molar-refractivity contribution in [1.82, 2.24) is 0 Å².